The molecule has 0 amide bonds. The number of rotatable bonds is 2. The summed E-state index contributed by atoms with van der Waals surface area (Å²) in [5.74, 6) is 0.877. The Kier molecular flexibility index (Phi) is 3.66. The number of hydrogen-bond acceptors (Lipinski definition) is 2. The molecule has 8 rings (SSSR count). The van der Waals surface area contributed by atoms with Crippen LogP contribution in [0.3, 0.4) is 0 Å². The van der Waals surface area contributed by atoms with Gasteiger partial charge in [-0.25, -0.2) is 9.97 Å². The van der Waals surface area contributed by atoms with Crippen LogP contribution in [0.2, 0.25) is 0 Å². The first kappa shape index (κ1) is 18.6. The SMILES string of the molecule is c1ccc(-n2c3ccc(-c4ccc5ccc6cccc7ccc4c5c67)cc3c3cccnc32)nc1. The van der Waals surface area contributed by atoms with Gasteiger partial charge in [0.15, 0.2) is 0 Å². The Hall–Kier alpha value is -4.76. The lowest BCUT2D eigenvalue weighted by molar-refractivity contribution is 1.06. The van der Waals surface area contributed by atoms with Gasteiger partial charge in [-0.2, -0.15) is 0 Å². The summed E-state index contributed by atoms with van der Waals surface area (Å²) in [6.07, 6.45) is 3.68. The molecule has 0 unspecified atom stereocenters. The maximum atomic E-state index is 4.73. The smallest absolute Gasteiger partial charge is 0.146 e. The highest BCUT2D eigenvalue weighted by Crippen LogP contribution is 2.40. The van der Waals surface area contributed by atoms with Crippen LogP contribution in [-0.2, 0) is 0 Å². The maximum Gasteiger partial charge on any atom is 0.146 e. The third kappa shape index (κ3) is 2.55. The fourth-order valence-corrected chi connectivity index (χ4v) is 5.72. The van der Waals surface area contributed by atoms with Crippen LogP contribution in [-0.4, -0.2) is 14.5 Å². The van der Waals surface area contributed by atoms with Crippen LogP contribution in [0.4, 0.5) is 0 Å². The van der Waals surface area contributed by atoms with Gasteiger partial charge in [-0.1, -0.05) is 66.7 Å². The van der Waals surface area contributed by atoms with E-state index in [0.29, 0.717) is 0 Å². The third-order valence-electron chi connectivity index (χ3n) is 7.24. The predicted octanol–water partition coefficient (Wildman–Crippen LogP) is 8.14. The molecule has 0 saturated heterocycles. The van der Waals surface area contributed by atoms with Gasteiger partial charge in [0.25, 0.3) is 0 Å². The van der Waals surface area contributed by atoms with Crippen LogP contribution < -0.4 is 0 Å². The predicted molar refractivity (Wildman–Crippen MR) is 146 cm³/mol. The number of nitrogens with zero attached hydrogens (tertiary/aromatic N) is 3. The fourth-order valence-electron chi connectivity index (χ4n) is 5.72. The molecule has 0 bridgehead atoms. The first-order valence-electron chi connectivity index (χ1n) is 11.8. The molecule has 0 radical (unpaired) electrons. The first-order valence-corrected chi connectivity index (χ1v) is 11.8. The number of hydrogen-bond donors (Lipinski definition) is 0. The van der Waals surface area contributed by atoms with E-state index in [1.165, 1.54) is 48.8 Å². The van der Waals surface area contributed by atoms with E-state index in [-0.39, 0.29) is 0 Å². The van der Waals surface area contributed by atoms with Crippen LogP contribution in [0.1, 0.15) is 0 Å². The highest BCUT2D eigenvalue weighted by molar-refractivity contribution is 6.25. The topological polar surface area (TPSA) is 30.7 Å². The minimum atomic E-state index is 0.877. The highest BCUT2D eigenvalue weighted by Gasteiger charge is 2.16. The minimum Gasteiger partial charge on any atom is -0.278 e. The average Bonchev–Trinajstić information content (AvgIpc) is 3.26. The summed E-state index contributed by atoms with van der Waals surface area (Å²) >= 11 is 0. The van der Waals surface area contributed by atoms with Gasteiger partial charge in [-0.15, -0.1) is 0 Å². The largest absolute Gasteiger partial charge is 0.278 e. The number of fused-ring (bicyclic) bond motifs is 3. The van der Waals surface area contributed by atoms with Crippen molar-refractivity contribution in [1.29, 1.82) is 0 Å². The molecule has 0 aliphatic carbocycles. The van der Waals surface area contributed by atoms with E-state index in [2.05, 4.69) is 88.4 Å². The zero-order valence-corrected chi connectivity index (χ0v) is 18.8. The van der Waals surface area contributed by atoms with Crippen molar-refractivity contribution in [2.45, 2.75) is 0 Å². The second-order valence-electron chi connectivity index (χ2n) is 9.10. The number of benzene rings is 5. The van der Waals surface area contributed by atoms with E-state index in [9.17, 15) is 0 Å². The Balaban J connectivity index is 1.45. The zero-order valence-electron chi connectivity index (χ0n) is 18.8. The van der Waals surface area contributed by atoms with Crippen LogP contribution in [0.15, 0.2) is 116 Å². The van der Waals surface area contributed by atoms with Crippen molar-refractivity contribution in [2.75, 3.05) is 0 Å². The summed E-state index contributed by atoms with van der Waals surface area (Å²) in [6.45, 7) is 0. The lowest BCUT2D eigenvalue weighted by atomic mass is 9.89. The van der Waals surface area contributed by atoms with Crippen molar-refractivity contribution in [3.63, 3.8) is 0 Å². The lowest BCUT2D eigenvalue weighted by Crippen LogP contribution is -1.97. The second kappa shape index (κ2) is 6.87. The normalized spacial score (nSPS) is 12.0. The molecule has 162 valence electrons. The Morgan fingerprint density at radius 1 is 0.514 bits per heavy atom. The van der Waals surface area contributed by atoms with Crippen LogP contribution in [0.5, 0.6) is 0 Å². The van der Waals surface area contributed by atoms with Gasteiger partial charge in [-0.3, -0.25) is 4.57 Å². The molecule has 3 heterocycles. The maximum absolute atomic E-state index is 4.73. The molecule has 5 aromatic carbocycles. The molecular weight excluding hydrogens is 426 g/mol. The first-order chi connectivity index (χ1) is 17.4. The summed E-state index contributed by atoms with van der Waals surface area (Å²) in [5.41, 5.74) is 4.49. The zero-order chi connectivity index (χ0) is 22.9. The molecule has 3 nitrogen and oxygen atoms in total. The monoisotopic (exact) mass is 445 g/mol. The van der Waals surface area contributed by atoms with Crippen molar-refractivity contribution in [3.05, 3.63) is 116 Å². The average molecular weight is 446 g/mol. The highest BCUT2D eigenvalue weighted by atomic mass is 15.1. The van der Waals surface area contributed by atoms with Gasteiger partial charge < -0.3 is 0 Å². The van der Waals surface area contributed by atoms with Gasteiger partial charge in [0.05, 0.1) is 5.52 Å². The number of aromatic nitrogens is 3. The molecule has 0 atom stereocenters. The summed E-state index contributed by atoms with van der Waals surface area (Å²) in [6, 6.07) is 37.0. The lowest BCUT2D eigenvalue weighted by Gasteiger charge is -2.14. The van der Waals surface area contributed by atoms with Crippen molar-refractivity contribution >= 4 is 54.3 Å². The molecule has 0 aliphatic rings. The van der Waals surface area contributed by atoms with Crippen LogP contribution in [0.25, 0.3) is 71.2 Å². The molecule has 3 heteroatoms. The molecule has 35 heavy (non-hydrogen) atoms. The summed E-state index contributed by atoms with van der Waals surface area (Å²) in [7, 11) is 0. The van der Waals surface area contributed by atoms with E-state index in [4.69, 9.17) is 4.98 Å². The van der Waals surface area contributed by atoms with E-state index >= 15 is 0 Å². The second-order valence-corrected chi connectivity index (χ2v) is 9.10. The van der Waals surface area contributed by atoms with Crippen LogP contribution in [0, 0.1) is 0 Å². The molecule has 0 saturated carbocycles. The minimum absolute atomic E-state index is 0.877. The Labute approximate surface area is 201 Å². The molecule has 0 fully saturated rings. The summed E-state index contributed by atoms with van der Waals surface area (Å²) < 4.78 is 2.15. The Bertz CT molecular complexity index is 2040. The van der Waals surface area contributed by atoms with E-state index in [1.807, 2.05) is 36.7 Å². The van der Waals surface area contributed by atoms with E-state index < -0.39 is 0 Å². The third-order valence-corrected chi connectivity index (χ3v) is 7.24. The standard InChI is InChI=1S/C32H19N3/c1-2-17-33-29(8-1)35-28-16-13-23(19-27(28)26-7-4-18-34-32(26)35)24-14-11-22-10-9-20-5-3-6-21-12-15-25(24)31(22)30(20)21/h1-19H. The molecule has 0 aliphatic heterocycles. The van der Waals surface area contributed by atoms with Crippen molar-refractivity contribution in [3.8, 4) is 16.9 Å². The van der Waals surface area contributed by atoms with Gasteiger partial charge in [-0.05, 0) is 79.8 Å². The van der Waals surface area contributed by atoms with Crippen molar-refractivity contribution in [2.24, 2.45) is 0 Å². The summed E-state index contributed by atoms with van der Waals surface area (Å²) in [4.78, 5) is 9.34. The number of pyridine rings is 2. The van der Waals surface area contributed by atoms with Gasteiger partial charge in [0, 0.05) is 23.2 Å². The van der Waals surface area contributed by atoms with Crippen LogP contribution >= 0.6 is 0 Å². The van der Waals surface area contributed by atoms with Crippen molar-refractivity contribution < 1.29 is 0 Å². The molecular formula is C32H19N3. The fraction of sp³-hybridized carbons (Fsp3) is 0. The molecule has 0 N–H and O–H groups in total. The molecule has 3 aromatic heterocycles. The van der Waals surface area contributed by atoms with Crippen molar-refractivity contribution in [1.82, 2.24) is 14.5 Å². The molecule has 0 spiro atoms. The Morgan fingerprint density at radius 3 is 2.17 bits per heavy atom. The van der Waals surface area contributed by atoms with Gasteiger partial charge in [0.1, 0.15) is 11.5 Å². The Morgan fingerprint density at radius 2 is 1.31 bits per heavy atom. The van der Waals surface area contributed by atoms with Gasteiger partial charge in [0.2, 0.25) is 0 Å². The van der Waals surface area contributed by atoms with E-state index in [0.717, 1.165) is 22.4 Å². The van der Waals surface area contributed by atoms with E-state index in [1.54, 1.807) is 0 Å². The molecule has 8 aromatic rings. The summed E-state index contributed by atoms with van der Waals surface area (Å²) in [5, 5.41) is 10.2. The quantitative estimate of drug-likeness (QED) is 0.251. The van der Waals surface area contributed by atoms with Gasteiger partial charge >= 0.3 is 0 Å².